The molecule has 0 saturated heterocycles. The van der Waals surface area contributed by atoms with E-state index in [-0.39, 0.29) is 24.4 Å². The number of carbonyl (C=O) groups is 1. The minimum absolute atomic E-state index is 0.177. The number of methoxy groups -OCH3 is 1. The monoisotopic (exact) mass is 434 g/mol. The second-order valence-corrected chi connectivity index (χ2v) is 6.88. The third-order valence-electron chi connectivity index (χ3n) is 4.51. The van der Waals surface area contributed by atoms with Crippen LogP contribution >= 0.6 is 0 Å². The van der Waals surface area contributed by atoms with Crippen LogP contribution in [-0.4, -0.2) is 25.8 Å². The van der Waals surface area contributed by atoms with Gasteiger partial charge in [0.2, 0.25) is 0 Å². The van der Waals surface area contributed by atoms with E-state index in [1.807, 2.05) is 19.1 Å². The molecule has 0 spiro atoms. The number of hydrogen-bond acceptors (Lipinski definition) is 4. The zero-order valence-electron chi connectivity index (χ0n) is 17.7. The molecule has 0 aliphatic heterocycles. The Morgan fingerprint density at radius 2 is 1.65 bits per heavy atom. The molecular weight excluding hydrogens is 409 g/mol. The van der Waals surface area contributed by atoms with Crippen molar-refractivity contribution in [2.24, 2.45) is 0 Å². The molecule has 2 atom stereocenters. The largest absolute Gasteiger partial charge is 0.493 e. The average molecular weight is 434 g/mol. The first-order valence-corrected chi connectivity index (χ1v) is 9.78. The van der Waals surface area contributed by atoms with Gasteiger partial charge in [-0.3, -0.25) is 4.79 Å². The molecule has 0 bridgehead atoms. The molecule has 166 valence electrons. The number of ether oxygens (including phenoxy) is 3. The number of alkyl halides is 3. The van der Waals surface area contributed by atoms with Crippen LogP contribution in [0.1, 0.15) is 43.7 Å². The first-order valence-electron chi connectivity index (χ1n) is 9.78. The normalized spacial score (nSPS) is 12.8. The molecule has 2 aromatic rings. The third kappa shape index (κ3) is 7.89. The van der Waals surface area contributed by atoms with Crippen LogP contribution in [0.3, 0.4) is 0 Å². The third-order valence-corrected chi connectivity index (χ3v) is 4.51. The molecule has 0 heterocycles. The first-order chi connectivity index (χ1) is 14.7. The van der Waals surface area contributed by atoms with Crippen molar-refractivity contribution in [1.29, 1.82) is 0 Å². The Morgan fingerprint density at radius 3 is 2.19 bits per heavy atom. The lowest BCUT2D eigenvalue weighted by Gasteiger charge is -2.16. The van der Waals surface area contributed by atoms with Gasteiger partial charge in [0.05, 0.1) is 37.7 Å². The van der Waals surface area contributed by atoms with Crippen LogP contribution in [0.5, 0.6) is 11.5 Å². The number of benzene rings is 2. The van der Waals surface area contributed by atoms with Crippen LogP contribution in [0, 0.1) is 11.8 Å². The van der Waals surface area contributed by atoms with Crippen LogP contribution in [0.2, 0.25) is 0 Å². The van der Waals surface area contributed by atoms with Crippen LogP contribution in [0.15, 0.2) is 48.5 Å². The molecule has 4 nitrogen and oxygen atoms in total. The molecule has 0 N–H and O–H groups in total. The lowest BCUT2D eigenvalue weighted by atomic mass is 9.96. The number of carbonyl (C=O) groups excluding carboxylic acids is 1. The summed E-state index contributed by atoms with van der Waals surface area (Å²) in [5.41, 5.74) is 0.184. The first kappa shape index (κ1) is 24.1. The summed E-state index contributed by atoms with van der Waals surface area (Å²) in [6.07, 6.45) is -3.87. The summed E-state index contributed by atoms with van der Waals surface area (Å²) in [6, 6.07) is 11.9. The lowest BCUT2D eigenvalue weighted by Crippen LogP contribution is -2.16. The lowest BCUT2D eigenvalue weighted by molar-refractivity contribution is -0.141. The van der Waals surface area contributed by atoms with Crippen LogP contribution in [-0.2, 0) is 15.7 Å². The quantitative estimate of drug-likeness (QED) is 0.380. The standard InChI is InChI=1S/C24H25F3O4/c1-4-5-19(16-23(28)29-3)18-6-10-21(11-7-18)30-15-14-17(2)31-22-12-8-20(9-13-22)24(25,26)27/h6-13,17,19H,14-16H2,1-3H3. The predicted molar refractivity (Wildman–Crippen MR) is 111 cm³/mol. The zero-order chi connectivity index (χ0) is 22.9. The van der Waals surface area contributed by atoms with Gasteiger partial charge in [-0.15, -0.1) is 5.92 Å². The highest BCUT2D eigenvalue weighted by molar-refractivity contribution is 5.71. The van der Waals surface area contributed by atoms with Crippen molar-refractivity contribution < 1.29 is 32.2 Å². The van der Waals surface area contributed by atoms with Gasteiger partial charge in [0.15, 0.2) is 0 Å². The van der Waals surface area contributed by atoms with Gasteiger partial charge in [-0.1, -0.05) is 18.1 Å². The van der Waals surface area contributed by atoms with Gasteiger partial charge >= 0.3 is 12.1 Å². The van der Waals surface area contributed by atoms with E-state index in [1.165, 1.54) is 19.2 Å². The summed E-state index contributed by atoms with van der Waals surface area (Å²) in [4.78, 5) is 11.6. The van der Waals surface area contributed by atoms with Gasteiger partial charge in [-0.2, -0.15) is 13.2 Å². The summed E-state index contributed by atoms with van der Waals surface area (Å²) >= 11 is 0. The van der Waals surface area contributed by atoms with Crippen LogP contribution in [0.4, 0.5) is 13.2 Å². The molecule has 0 amide bonds. The predicted octanol–water partition coefficient (Wildman–Crippen LogP) is 5.61. The molecule has 0 aliphatic rings. The van der Waals surface area contributed by atoms with Crippen molar-refractivity contribution in [3.05, 3.63) is 59.7 Å². The minimum atomic E-state index is -4.37. The van der Waals surface area contributed by atoms with Gasteiger partial charge in [-0.25, -0.2) is 0 Å². The Labute approximate surface area is 180 Å². The van der Waals surface area contributed by atoms with Crippen molar-refractivity contribution in [1.82, 2.24) is 0 Å². The van der Waals surface area contributed by atoms with Crippen molar-refractivity contribution in [3.8, 4) is 23.3 Å². The summed E-state index contributed by atoms with van der Waals surface area (Å²) in [5, 5.41) is 0. The number of rotatable bonds is 9. The highest BCUT2D eigenvalue weighted by atomic mass is 19.4. The van der Waals surface area contributed by atoms with Gasteiger partial charge in [0, 0.05) is 6.42 Å². The van der Waals surface area contributed by atoms with E-state index < -0.39 is 11.7 Å². The maximum atomic E-state index is 12.6. The van der Waals surface area contributed by atoms with E-state index >= 15 is 0 Å². The van der Waals surface area contributed by atoms with E-state index in [1.54, 1.807) is 19.1 Å². The van der Waals surface area contributed by atoms with Gasteiger partial charge < -0.3 is 14.2 Å². The molecule has 0 radical (unpaired) electrons. The molecule has 0 fully saturated rings. The van der Waals surface area contributed by atoms with E-state index in [2.05, 4.69) is 11.8 Å². The summed E-state index contributed by atoms with van der Waals surface area (Å²) < 4.78 is 53.9. The second-order valence-electron chi connectivity index (χ2n) is 6.88. The van der Waals surface area contributed by atoms with E-state index in [0.29, 0.717) is 24.5 Å². The highest BCUT2D eigenvalue weighted by Crippen LogP contribution is 2.30. The molecule has 0 aliphatic carbocycles. The molecule has 2 rings (SSSR count). The fourth-order valence-electron chi connectivity index (χ4n) is 2.83. The number of esters is 1. The second kappa shape index (κ2) is 11.3. The van der Waals surface area contributed by atoms with Crippen molar-refractivity contribution >= 4 is 5.97 Å². The fourth-order valence-corrected chi connectivity index (χ4v) is 2.83. The summed E-state index contributed by atoms with van der Waals surface area (Å²) in [5.74, 6) is 6.30. The number of hydrogen-bond donors (Lipinski definition) is 0. The molecule has 31 heavy (non-hydrogen) atoms. The SMILES string of the molecule is CC#CC(CC(=O)OC)c1ccc(OCCC(C)Oc2ccc(C(F)(F)F)cc2)cc1. The Hall–Kier alpha value is -3.14. The molecular formula is C24H25F3O4. The molecule has 7 heteroatoms. The minimum Gasteiger partial charge on any atom is -0.493 e. The zero-order valence-corrected chi connectivity index (χ0v) is 17.7. The Bertz CT molecular complexity index is 894. The Balaban J connectivity index is 1.83. The molecule has 2 unspecified atom stereocenters. The Morgan fingerprint density at radius 1 is 1.03 bits per heavy atom. The molecule has 0 aromatic heterocycles. The Kier molecular flexibility index (Phi) is 8.80. The van der Waals surface area contributed by atoms with Crippen molar-refractivity contribution in [2.45, 2.75) is 44.9 Å². The molecule has 2 aromatic carbocycles. The van der Waals surface area contributed by atoms with Crippen molar-refractivity contribution in [3.63, 3.8) is 0 Å². The molecule has 0 saturated carbocycles. The van der Waals surface area contributed by atoms with E-state index in [9.17, 15) is 18.0 Å². The van der Waals surface area contributed by atoms with Gasteiger partial charge in [-0.05, 0) is 55.8 Å². The van der Waals surface area contributed by atoms with Crippen LogP contribution in [0.25, 0.3) is 0 Å². The summed E-state index contributed by atoms with van der Waals surface area (Å²) in [7, 11) is 1.35. The maximum absolute atomic E-state index is 12.6. The fraction of sp³-hybridized carbons (Fsp3) is 0.375. The summed E-state index contributed by atoms with van der Waals surface area (Å²) in [6.45, 7) is 3.92. The van der Waals surface area contributed by atoms with Crippen LogP contribution < -0.4 is 9.47 Å². The average Bonchev–Trinajstić information content (AvgIpc) is 2.73. The maximum Gasteiger partial charge on any atom is 0.416 e. The smallest absolute Gasteiger partial charge is 0.416 e. The van der Waals surface area contributed by atoms with E-state index in [0.717, 1.165) is 17.7 Å². The topological polar surface area (TPSA) is 44.8 Å². The highest BCUT2D eigenvalue weighted by Gasteiger charge is 2.30. The van der Waals surface area contributed by atoms with Crippen molar-refractivity contribution in [2.75, 3.05) is 13.7 Å². The van der Waals surface area contributed by atoms with Gasteiger partial charge in [0.25, 0.3) is 0 Å². The van der Waals surface area contributed by atoms with Gasteiger partial charge in [0.1, 0.15) is 11.5 Å². The number of halogens is 3. The van der Waals surface area contributed by atoms with E-state index in [4.69, 9.17) is 14.2 Å².